The number of hydrogen-bond donors (Lipinski definition) is 0. The molecule has 1 aliphatic carbocycles. The average molecular weight is 214 g/mol. The van der Waals surface area contributed by atoms with Gasteiger partial charge < -0.3 is 4.74 Å². The van der Waals surface area contributed by atoms with Crippen molar-refractivity contribution in [3.8, 4) is 11.8 Å². The monoisotopic (exact) mass is 214 g/mol. The predicted molar refractivity (Wildman–Crippen MR) is 62.1 cm³/mol. The van der Waals surface area contributed by atoms with Gasteiger partial charge in [0.2, 0.25) is 0 Å². The van der Waals surface area contributed by atoms with Gasteiger partial charge in [-0.1, -0.05) is 19.3 Å². The molecule has 1 radical (unpaired) electrons. The predicted octanol–water partition coefficient (Wildman–Crippen LogP) is 3.32. The van der Waals surface area contributed by atoms with Crippen molar-refractivity contribution in [2.45, 2.75) is 32.1 Å². The molecule has 0 amide bonds. The highest BCUT2D eigenvalue weighted by Crippen LogP contribution is 2.24. The second-order valence-electron chi connectivity index (χ2n) is 4.37. The molecule has 0 bridgehead atoms. The Morgan fingerprint density at radius 2 is 2.19 bits per heavy atom. The maximum Gasteiger partial charge on any atom is 0.128 e. The summed E-state index contributed by atoms with van der Waals surface area (Å²) in [6, 6.07) is 10.4. The normalized spacial score (nSPS) is 16.7. The molecule has 0 N–H and O–H groups in total. The van der Waals surface area contributed by atoms with Gasteiger partial charge >= 0.3 is 0 Å². The summed E-state index contributed by atoms with van der Waals surface area (Å²) in [5, 5.41) is 8.76. The first-order chi connectivity index (χ1) is 7.88. The highest BCUT2D eigenvalue weighted by atomic mass is 16.5. The number of rotatable bonds is 3. The van der Waals surface area contributed by atoms with Crippen LogP contribution < -0.4 is 4.74 Å². The molecule has 2 rings (SSSR count). The van der Waals surface area contributed by atoms with E-state index in [0.29, 0.717) is 17.2 Å². The fourth-order valence-electron chi connectivity index (χ4n) is 2.16. The van der Waals surface area contributed by atoms with Gasteiger partial charge in [0.25, 0.3) is 0 Å². The summed E-state index contributed by atoms with van der Waals surface area (Å²) in [5.74, 6) is 1.39. The van der Waals surface area contributed by atoms with E-state index in [1.54, 1.807) is 18.2 Å². The summed E-state index contributed by atoms with van der Waals surface area (Å²) >= 11 is 0. The maximum absolute atomic E-state index is 8.76. The lowest BCUT2D eigenvalue weighted by molar-refractivity contribution is 0.208. The van der Waals surface area contributed by atoms with Crippen LogP contribution in [-0.2, 0) is 0 Å². The van der Waals surface area contributed by atoms with Crippen LogP contribution in [0.1, 0.15) is 37.7 Å². The Balaban J connectivity index is 1.86. The van der Waals surface area contributed by atoms with E-state index in [2.05, 4.69) is 12.1 Å². The van der Waals surface area contributed by atoms with Crippen LogP contribution in [0.4, 0.5) is 0 Å². The molecule has 1 aromatic rings. The molecule has 0 unspecified atom stereocenters. The van der Waals surface area contributed by atoms with Crippen LogP contribution in [0.15, 0.2) is 18.2 Å². The van der Waals surface area contributed by atoms with E-state index in [1.807, 2.05) is 0 Å². The highest BCUT2D eigenvalue weighted by Gasteiger charge is 2.13. The van der Waals surface area contributed by atoms with Crippen LogP contribution >= 0.6 is 0 Å². The van der Waals surface area contributed by atoms with E-state index in [4.69, 9.17) is 10.00 Å². The summed E-state index contributed by atoms with van der Waals surface area (Å²) < 4.78 is 5.68. The molecule has 0 spiro atoms. The van der Waals surface area contributed by atoms with E-state index >= 15 is 0 Å². The van der Waals surface area contributed by atoms with Crippen molar-refractivity contribution in [2.24, 2.45) is 5.92 Å². The molecule has 1 saturated carbocycles. The maximum atomic E-state index is 8.76. The fourth-order valence-corrected chi connectivity index (χ4v) is 2.16. The Bertz CT molecular complexity index is 375. The number of benzene rings is 1. The van der Waals surface area contributed by atoms with Crippen molar-refractivity contribution < 1.29 is 4.74 Å². The number of nitrogens with zero attached hydrogens (tertiary/aromatic N) is 1. The average Bonchev–Trinajstić information content (AvgIpc) is 2.38. The van der Waals surface area contributed by atoms with Crippen LogP contribution in [0, 0.1) is 23.3 Å². The van der Waals surface area contributed by atoms with Crippen molar-refractivity contribution in [1.82, 2.24) is 0 Å². The minimum atomic E-state index is 0.636. The van der Waals surface area contributed by atoms with E-state index in [9.17, 15) is 0 Å². The van der Waals surface area contributed by atoms with Crippen LogP contribution in [-0.4, -0.2) is 6.61 Å². The van der Waals surface area contributed by atoms with Crippen molar-refractivity contribution in [3.05, 3.63) is 29.8 Å². The smallest absolute Gasteiger partial charge is 0.128 e. The number of nitriles is 1. The molecule has 0 saturated heterocycles. The first-order valence-electron chi connectivity index (χ1n) is 5.93. The molecule has 0 aliphatic heterocycles. The van der Waals surface area contributed by atoms with Gasteiger partial charge in [-0.3, -0.25) is 0 Å². The molecule has 1 fully saturated rings. The van der Waals surface area contributed by atoms with E-state index in [1.165, 1.54) is 32.1 Å². The van der Waals surface area contributed by atoms with E-state index in [0.717, 1.165) is 6.61 Å². The third-order valence-corrected chi connectivity index (χ3v) is 3.10. The molecular formula is C14H16NO. The molecular weight excluding hydrogens is 198 g/mol. The molecule has 1 aromatic carbocycles. The third-order valence-electron chi connectivity index (χ3n) is 3.10. The largest absolute Gasteiger partial charge is 0.493 e. The minimum Gasteiger partial charge on any atom is -0.493 e. The van der Waals surface area contributed by atoms with Crippen LogP contribution in [0.2, 0.25) is 0 Å². The van der Waals surface area contributed by atoms with Gasteiger partial charge in [0.05, 0.1) is 18.2 Å². The van der Waals surface area contributed by atoms with Gasteiger partial charge in [-0.2, -0.15) is 5.26 Å². The first kappa shape index (κ1) is 11.0. The summed E-state index contributed by atoms with van der Waals surface area (Å²) in [4.78, 5) is 0. The summed E-state index contributed by atoms with van der Waals surface area (Å²) in [6.45, 7) is 0.769. The molecule has 1 aliphatic rings. The summed E-state index contributed by atoms with van der Waals surface area (Å²) in [5.41, 5.74) is 0.636. The summed E-state index contributed by atoms with van der Waals surface area (Å²) in [7, 11) is 0. The van der Waals surface area contributed by atoms with Gasteiger partial charge in [-0.15, -0.1) is 0 Å². The van der Waals surface area contributed by atoms with Gasteiger partial charge in [-0.25, -0.2) is 0 Å². The summed E-state index contributed by atoms with van der Waals surface area (Å²) in [6.07, 6.45) is 6.58. The molecule has 16 heavy (non-hydrogen) atoms. The van der Waals surface area contributed by atoms with Crippen molar-refractivity contribution in [2.75, 3.05) is 6.61 Å². The van der Waals surface area contributed by atoms with E-state index < -0.39 is 0 Å². The zero-order valence-electron chi connectivity index (χ0n) is 9.41. The molecule has 0 aromatic heterocycles. The van der Waals surface area contributed by atoms with Crippen LogP contribution in [0.25, 0.3) is 0 Å². The standard InChI is InChI=1S/C14H16NO/c15-10-13-7-4-8-14(9-13)16-11-12-5-2-1-3-6-12/h4,7,9,12H,1-3,5-6,11H2. The van der Waals surface area contributed by atoms with Crippen LogP contribution in [0.3, 0.4) is 0 Å². The lowest BCUT2D eigenvalue weighted by Gasteiger charge is -2.21. The molecule has 2 nitrogen and oxygen atoms in total. The Morgan fingerprint density at radius 1 is 1.38 bits per heavy atom. The lowest BCUT2D eigenvalue weighted by Crippen LogP contribution is -2.15. The fraction of sp³-hybridized carbons (Fsp3) is 0.500. The lowest BCUT2D eigenvalue weighted by atomic mass is 9.90. The van der Waals surface area contributed by atoms with Crippen LogP contribution in [0.5, 0.6) is 5.75 Å². The minimum absolute atomic E-state index is 0.636. The van der Waals surface area contributed by atoms with Crippen molar-refractivity contribution in [1.29, 1.82) is 5.26 Å². The van der Waals surface area contributed by atoms with Gasteiger partial charge in [0.15, 0.2) is 0 Å². The van der Waals surface area contributed by atoms with Crippen molar-refractivity contribution >= 4 is 0 Å². The Morgan fingerprint density at radius 3 is 2.94 bits per heavy atom. The third kappa shape index (κ3) is 3.00. The highest BCUT2D eigenvalue weighted by molar-refractivity contribution is 5.35. The second kappa shape index (κ2) is 5.55. The van der Waals surface area contributed by atoms with Gasteiger partial charge in [0.1, 0.15) is 5.75 Å². The molecule has 2 heteroatoms. The van der Waals surface area contributed by atoms with Gasteiger partial charge in [0, 0.05) is 6.07 Å². The zero-order chi connectivity index (χ0) is 11.2. The SMILES string of the molecule is N#Cc1cc[c]c(OCC2CCCCC2)c1. The number of ether oxygens (including phenoxy) is 1. The molecule has 0 atom stereocenters. The van der Waals surface area contributed by atoms with Crippen molar-refractivity contribution in [3.63, 3.8) is 0 Å². The first-order valence-corrected chi connectivity index (χ1v) is 5.93. The number of hydrogen-bond acceptors (Lipinski definition) is 2. The van der Waals surface area contributed by atoms with Gasteiger partial charge in [-0.05, 0) is 37.0 Å². The Hall–Kier alpha value is -1.49. The molecule has 83 valence electrons. The topological polar surface area (TPSA) is 33.0 Å². The Kier molecular flexibility index (Phi) is 3.82. The quantitative estimate of drug-likeness (QED) is 0.773. The Labute approximate surface area is 96.9 Å². The molecule has 0 heterocycles. The van der Waals surface area contributed by atoms with E-state index in [-0.39, 0.29) is 0 Å². The zero-order valence-corrected chi connectivity index (χ0v) is 9.41. The second-order valence-corrected chi connectivity index (χ2v) is 4.37.